The zero-order valence-electron chi connectivity index (χ0n) is 16.6. The number of nitrogens with one attached hydrogen (secondary N) is 1. The normalized spacial score (nSPS) is 19.6. The standard InChI is InChI=1S/C20H26N6O2/c1-14-12-26(13-17(28-14)20(27)24-7-4-10-25(2)3)16-6-5-15(11-21)18-19(16)23-9-8-22-18/h5-6,8-9,14,17H,4,7,10,12-13H2,1-3H3,(H,24,27). The number of hydrogen-bond donors (Lipinski definition) is 1. The maximum atomic E-state index is 12.6. The molecule has 0 aliphatic carbocycles. The van der Waals surface area contributed by atoms with E-state index in [0.717, 1.165) is 18.7 Å². The highest BCUT2D eigenvalue weighted by atomic mass is 16.5. The molecule has 1 N–H and O–H groups in total. The van der Waals surface area contributed by atoms with Crippen LogP contribution < -0.4 is 10.2 Å². The van der Waals surface area contributed by atoms with E-state index in [2.05, 4.69) is 31.2 Å². The first kappa shape index (κ1) is 20.0. The van der Waals surface area contributed by atoms with Crippen LogP contribution in [-0.4, -0.2) is 73.3 Å². The van der Waals surface area contributed by atoms with Crippen molar-refractivity contribution in [2.24, 2.45) is 0 Å². The number of nitriles is 1. The molecule has 8 nitrogen and oxygen atoms in total. The van der Waals surface area contributed by atoms with E-state index in [1.807, 2.05) is 27.1 Å². The number of carbonyl (C=O) groups is 1. The van der Waals surface area contributed by atoms with Crippen LogP contribution in [0.25, 0.3) is 11.0 Å². The molecule has 0 saturated carbocycles. The van der Waals surface area contributed by atoms with Gasteiger partial charge in [0.25, 0.3) is 5.91 Å². The Balaban J connectivity index is 1.76. The summed E-state index contributed by atoms with van der Waals surface area (Å²) in [7, 11) is 4.02. The quantitative estimate of drug-likeness (QED) is 0.749. The molecule has 1 saturated heterocycles. The molecule has 1 aliphatic heterocycles. The maximum Gasteiger partial charge on any atom is 0.251 e. The third-order valence-corrected chi connectivity index (χ3v) is 4.70. The number of hydrogen-bond acceptors (Lipinski definition) is 7. The fraction of sp³-hybridized carbons (Fsp3) is 0.500. The van der Waals surface area contributed by atoms with Crippen molar-refractivity contribution in [3.8, 4) is 6.07 Å². The number of morpholine rings is 1. The van der Waals surface area contributed by atoms with Crippen molar-refractivity contribution in [3.63, 3.8) is 0 Å². The number of rotatable bonds is 6. The Hall–Kier alpha value is -2.76. The second-order valence-electron chi connectivity index (χ2n) is 7.29. The number of anilines is 1. The zero-order chi connectivity index (χ0) is 20.1. The van der Waals surface area contributed by atoms with Gasteiger partial charge in [-0.25, -0.2) is 0 Å². The molecule has 8 heteroatoms. The van der Waals surface area contributed by atoms with Gasteiger partial charge in [-0.1, -0.05) is 0 Å². The number of ether oxygens (including phenoxy) is 1. The fourth-order valence-corrected chi connectivity index (χ4v) is 3.40. The first-order valence-corrected chi connectivity index (χ1v) is 9.46. The summed E-state index contributed by atoms with van der Waals surface area (Å²) in [5.74, 6) is -0.0978. The molecule has 28 heavy (non-hydrogen) atoms. The third-order valence-electron chi connectivity index (χ3n) is 4.70. The number of amides is 1. The predicted octanol–water partition coefficient (Wildman–Crippen LogP) is 1.16. The van der Waals surface area contributed by atoms with E-state index >= 15 is 0 Å². The molecule has 1 aliphatic rings. The van der Waals surface area contributed by atoms with Crippen LogP contribution in [0.3, 0.4) is 0 Å². The van der Waals surface area contributed by atoms with Crippen LogP contribution in [0, 0.1) is 11.3 Å². The summed E-state index contributed by atoms with van der Waals surface area (Å²) < 4.78 is 5.88. The molecule has 2 unspecified atom stereocenters. The van der Waals surface area contributed by atoms with Gasteiger partial charge in [0, 0.05) is 25.5 Å². The fourth-order valence-electron chi connectivity index (χ4n) is 3.40. The van der Waals surface area contributed by atoms with Crippen molar-refractivity contribution >= 4 is 22.6 Å². The monoisotopic (exact) mass is 382 g/mol. The zero-order valence-corrected chi connectivity index (χ0v) is 16.6. The van der Waals surface area contributed by atoms with Crippen LogP contribution in [0.1, 0.15) is 18.9 Å². The van der Waals surface area contributed by atoms with Crippen LogP contribution in [0.4, 0.5) is 5.69 Å². The molecule has 2 heterocycles. The van der Waals surface area contributed by atoms with Crippen LogP contribution in [0.5, 0.6) is 0 Å². The third kappa shape index (κ3) is 4.55. The lowest BCUT2D eigenvalue weighted by molar-refractivity contribution is -0.137. The second kappa shape index (κ2) is 8.95. The van der Waals surface area contributed by atoms with Crippen LogP contribution in [-0.2, 0) is 9.53 Å². The molecule has 3 rings (SSSR count). The Morgan fingerprint density at radius 3 is 2.79 bits per heavy atom. The van der Waals surface area contributed by atoms with Gasteiger partial charge in [-0.3, -0.25) is 14.8 Å². The van der Waals surface area contributed by atoms with Gasteiger partial charge in [0.2, 0.25) is 0 Å². The van der Waals surface area contributed by atoms with E-state index in [1.54, 1.807) is 18.5 Å². The Bertz CT molecular complexity index is 879. The molecule has 0 bridgehead atoms. The number of nitrogens with zero attached hydrogens (tertiary/aromatic N) is 5. The molecule has 148 valence electrons. The molecule has 0 radical (unpaired) electrons. The average Bonchev–Trinajstić information content (AvgIpc) is 2.69. The van der Waals surface area contributed by atoms with Crippen molar-refractivity contribution in [3.05, 3.63) is 30.1 Å². The summed E-state index contributed by atoms with van der Waals surface area (Å²) >= 11 is 0. The van der Waals surface area contributed by atoms with Crippen LogP contribution in [0.15, 0.2) is 24.5 Å². The lowest BCUT2D eigenvalue weighted by atomic mass is 10.1. The number of benzene rings is 1. The van der Waals surface area contributed by atoms with Crippen molar-refractivity contribution < 1.29 is 9.53 Å². The van der Waals surface area contributed by atoms with E-state index in [0.29, 0.717) is 36.2 Å². The Morgan fingerprint density at radius 1 is 1.32 bits per heavy atom. The molecule has 1 amide bonds. The summed E-state index contributed by atoms with van der Waals surface area (Å²) in [6, 6.07) is 5.79. The highest BCUT2D eigenvalue weighted by Gasteiger charge is 2.31. The summed E-state index contributed by atoms with van der Waals surface area (Å²) in [6.07, 6.45) is 3.43. The van der Waals surface area contributed by atoms with Gasteiger partial charge in [-0.2, -0.15) is 5.26 Å². The minimum Gasteiger partial charge on any atom is -0.364 e. The van der Waals surface area contributed by atoms with Gasteiger partial charge in [-0.15, -0.1) is 0 Å². The molecule has 0 spiro atoms. The predicted molar refractivity (Wildman–Crippen MR) is 107 cm³/mol. The topological polar surface area (TPSA) is 94.4 Å². The first-order valence-electron chi connectivity index (χ1n) is 9.46. The van der Waals surface area contributed by atoms with Gasteiger partial charge < -0.3 is 19.9 Å². The lowest BCUT2D eigenvalue weighted by Gasteiger charge is -2.37. The number of carbonyl (C=O) groups excluding carboxylic acids is 1. The Morgan fingerprint density at radius 2 is 2.07 bits per heavy atom. The molecule has 1 aromatic heterocycles. The molecule has 1 aromatic carbocycles. The minimum atomic E-state index is -0.550. The Labute approximate surface area is 165 Å². The van der Waals surface area contributed by atoms with E-state index in [-0.39, 0.29) is 12.0 Å². The SMILES string of the molecule is CC1CN(c2ccc(C#N)c3nccnc23)CC(C(=O)NCCCN(C)C)O1. The van der Waals surface area contributed by atoms with E-state index in [1.165, 1.54) is 0 Å². The van der Waals surface area contributed by atoms with Gasteiger partial charge in [0.05, 0.1) is 23.9 Å². The van der Waals surface area contributed by atoms with Crippen molar-refractivity contribution in [1.82, 2.24) is 20.2 Å². The highest BCUT2D eigenvalue weighted by molar-refractivity contribution is 5.92. The molecule has 2 aromatic rings. The summed E-state index contributed by atoms with van der Waals surface area (Å²) in [5.41, 5.74) is 2.60. The molecular weight excluding hydrogens is 356 g/mol. The van der Waals surface area contributed by atoms with Gasteiger partial charge in [0.15, 0.2) is 6.10 Å². The second-order valence-corrected chi connectivity index (χ2v) is 7.29. The Kier molecular flexibility index (Phi) is 6.39. The lowest BCUT2D eigenvalue weighted by Crippen LogP contribution is -2.53. The average molecular weight is 382 g/mol. The van der Waals surface area contributed by atoms with Crippen molar-refractivity contribution in [1.29, 1.82) is 5.26 Å². The van der Waals surface area contributed by atoms with Gasteiger partial charge in [-0.05, 0) is 46.1 Å². The number of fused-ring (bicyclic) bond motifs is 1. The molecule has 2 atom stereocenters. The van der Waals surface area contributed by atoms with Crippen LogP contribution >= 0.6 is 0 Å². The van der Waals surface area contributed by atoms with Crippen molar-refractivity contribution in [2.75, 3.05) is 45.2 Å². The maximum absolute atomic E-state index is 12.6. The van der Waals surface area contributed by atoms with E-state index in [4.69, 9.17) is 4.74 Å². The minimum absolute atomic E-state index is 0.0978. The van der Waals surface area contributed by atoms with E-state index < -0.39 is 6.10 Å². The first-order chi connectivity index (χ1) is 13.5. The summed E-state index contributed by atoms with van der Waals surface area (Å²) in [5, 5.41) is 12.3. The highest BCUT2D eigenvalue weighted by Crippen LogP contribution is 2.28. The number of aromatic nitrogens is 2. The molecule has 1 fully saturated rings. The molecular formula is C20H26N6O2. The van der Waals surface area contributed by atoms with Crippen molar-refractivity contribution in [2.45, 2.75) is 25.6 Å². The van der Waals surface area contributed by atoms with Crippen LogP contribution in [0.2, 0.25) is 0 Å². The smallest absolute Gasteiger partial charge is 0.251 e. The summed E-state index contributed by atoms with van der Waals surface area (Å²) in [4.78, 5) is 25.5. The van der Waals surface area contributed by atoms with E-state index in [9.17, 15) is 10.1 Å². The summed E-state index contributed by atoms with van der Waals surface area (Å²) in [6.45, 7) is 4.57. The van der Waals surface area contributed by atoms with Gasteiger partial charge >= 0.3 is 0 Å². The van der Waals surface area contributed by atoms with Gasteiger partial charge in [0.1, 0.15) is 17.1 Å². The largest absolute Gasteiger partial charge is 0.364 e.